The third kappa shape index (κ3) is 4.60. The van der Waals surface area contributed by atoms with E-state index in [1.54, 1.807) is 0 Å². The van der Waals surface area contributed by atoms with Crippen molar-refractivity contribution in [2.45, 2.75) is 38.3 Å². The van der Waals surface area contributed by atoms with E-state index in [-0.39, 0.29) is 12.1 Å². The van der Waals surface area contributed by atoms with Crippen LogP contribution in [0, 0.1) is 0 Å². The normalized spacial score (nSPS) is 22.1. The number of carboxylic acids is 1. The molecule has 0 radical (unpaired) electrons. The molecule has 0 aromatic rings. The number of carbonyl (C=O) groups excluding carboxylic acids is 1. The maximum Gasteiger partial charge on any atom is 0.326 e. The lowest BCUT2D eigenvalue weighted by Gasteiger charge is -2.17. The molecule has 0 aromatic heterocycles. The van der Waals surface area contributed by atoms with Crippen molar-refractivity contribution < 1.29 is 14.7 Å². The second kappa shape index (κ2) is 6.44. The molecule has 1 fully saturated rings. The first-order chi connectivity index (χ1) is 8.02. The van der Waals surface area contributed by atoms with Crippen LogP contribution in [0.15, 0.2) is 0 Å². The van der Waals surface area contributed by atoms with E-state index in [1.807, 2.05) is 14.0 Å². The Morgan fingerprint density at radius 2 is 2.24 bits per heavy atom. The summed E-state index contributed by atoms with van der Waals surface area (Å²) in [4.78, 5) is 24.6. The largest absolute Gasteiger partial charge is 0.480 e. The summed E-state index contributed by atoms with van der Waals surface area (Å²) in [6, 6.07) is -1.05. The number of aliphatic carboxylic acids is 1. The maximum absolute atomic E-state index is 11.6. The fraction of sp³-hybridized carbons (Fsp3) is 0.818. The van der Waals surface area contributed by atoms with E-state index in [9.17, 15) is 9.59 Å². The fourth-order valence-corrected chi connectivity index (χ4v) is 1.98. The number of hydrogen-bond donors (Lipinski definition) is 3. The van der Waals surface area contributed by atoms with Crippen molar-refractivity contribution in [2.24, 2.45) is 0 Å². The van der Waals surface area contributed by atoms with Crippen molar-refractivity contribution in [1.82, 2.24) is 15.5 Å². The van der Waals surface area contributed by atoms with Crippen molar-refractivity contribution in [3.8, 4) is 0 Å². The fourth-order valence-electron chi connectivity index (χ4n) is 1.98. The topological polar surface area (TPSA) is 81.7 Å². The Labute approximate surface area is 101 Å². The Hall–Kier alpha value is -1.30. The average Bonchev–Trinajstić information content (AvgIpc) is 2.63. The summed E-state index contributed by atoms with van der Waals surface area (Å²) in [5.74, 6) is -0.981. The number of likely N-dealkylation sites (tertiary alicyclic amines) is 1. The Bertz CT molecular complexity index is 283. The molecule has 2 atom stereocenters. The molecule has 6 nitrogen and oxygen atoms in total. The summed E-state index contributed by atoms with van der Waals surface area (Å²) < 4.78 is 0. The number of nitrogens with one attached hydrogen (secondary N) is 2. The van der Waals surface area contributed by atoms with Crippen molar-refractivity contribution in [3.05, 3.63) is 0 Å². The number of carbonyl (C=O) groups is 2. The van der Waals surface area contributed by atoms with Gasteiger partial charge in [-0.25, -0.2) is 9.59 Å². The Balaban J connectivity index is 2.34. The Kier molecular flexibility index (Phi) is 5.21. The van der Waals surface area contributed by atoms with E-state index < -0.39 is 12.0 Å². The van der Waals surface area contributed by atoms with Gasteiger partial charge in [-0.15, -0.1) is 0 Å². The lowest BCUT2D eigenvalue weighted by atomic mass is 10.2. The molecule has 0 bridgehead atoms. The highest BCUT2D eigenvalue weighted by Gasteiger charge is 2.23. The molecule has 17 heavy (non-hydrogen) atoms. The molecule has 0 aromatic carbocycles. The second-order valence-electron chi connectivity index (χ2n) is 4.55. The number of amides is 2. The van der Waals surface area contributed by atoms with E-state index in [0.717, 1.165) is 25.9 Å². The molecule has 98 valence electrons. The third-order valence-corrected chi connectivity index (χ3v) is 2.91. The van der Waals surface area contributed by atoms with Crippen LogP contribution in [0.2, 0.25) is 0 Å². The van der Waals surface area contributed by atoms with Crippen molar-refractivity contribution in [1.29, 1.82) is 0 Å². The lowest BCUT2D eigenvalue weighted by Crippen LogP contribution is -2.49. The molecule has 1 saturated heterocycles. The van der Waals surface area contributed by atoms with Gasteiger partial charge in [-0.3, -0.25) is 0 Å². The van der Waals surface area contributed by atoms with E-state index in [1.165, 1.54) is 0 Å². The Morgan fingerprint density at radius 1 is 1.53 bits per heavy atom. The summed E-state index contributed by atoms with van der Waals surface area (Å²) in [5.41, 5.74) is 0. The van der Waals surface area contributed by atoms with Gasteiger partial charge in [-0.05, 0) is 26.4 Å². The molecule has 1 rings (SSSR count). The van der Waals surface area contributed by atoms with Gasteiger partial charge in [-0.1, -0.05) is 13.3 Å². The van der Waals surface area contributed by atoms with Gasteiger partial charge in [0.15, 0.2) is 0 Å². The lowest BCUT2D eigenvalue weighted by molar-refractivity contribution is -0.139. The zero-order valence-corrected chi connectivity index (χ0v) is 10.4. The van der Waals surface area contributed by atoms with Gasteiger partial charge < -0.3 is 20.6 Å². The van der Waals surface area contributed by atoms with Crippen LogP contribution in [0.5, 0.6) is 0 Å². The van der Waals surface area contributed by atoms with Crippen LogP contribution in [0.4, 0.5) is 4.79 Å². The number of urea groups is 1. The molecule has 1 heterocycles. The molecule has 0 saturated carbocycles. The minimum atomic E-state index is -0.981. The van der Waals surface area contributed by atoms with E-state index in [2.05, 4.69) is 15.5 Å². The SMILES string of the molecule is CCC[C@H](NC(=O)NC1CCN(C)C1)C(=O)O. The molecule has 1 unspecified atom stereocenters. The van der Waals surface area contributed by atoms with Gasteiger partial charge in [0.2, 0.25) is 0 Å². The van der Waals surface area contributed by atoms with Crippen LogP contribution in [0.25, 0.3) is 0 Å². The van der Waals surface area contributed by atoms with Crippen LogP contribution in [0.3, 0.4) is 0 Å². The van der Waals surface area contributed by atoms with Crippen molar-refractivity contribution >= 4 is 12.0 Å². The minimum Gasteiger partial charge on any atom is -0.480 e. The first kappa shape index (κ1) is 13.8. The molecule has 1 aliphatic rings. The van der Waals surface area contributed by atoms with Crippen LogP contribution >= 0.6 is 0 Å². The summed E-state index contributed by atoms with van der Waals surface area (Å²) in [6.07, 6.45) is 2.09. The standard InChI is InChI=1S/C11H21N3O3/c1-3-4-9(10(15)16)13-11(17)12-8-5-6-14(2)7-8/h8-9H,3-7H2,1-2H3,(H,15,16)(H2,12,13,17)/t8?,9-/m0/s1. The quantitative estimate of drug-likeness (QED) is 0.646. The van der Waals surface area contributed by atoms with Gasteiger partial charge >= 0.3 is 12.0 Å². The minimum absolute atomic E-state index is 0.121. The summed E-state index contributed by atoms with van der Waals surface area (Å²) in [5, 5.41) is 14.2. The van der Waals surface area contributed by atoms with Gasteiger partial charge in [0, 0.05) is 12.6 Å². The number of nitrogens with zero attached hydrogens (tertiary/aromatic N) is 1. The molecule has 6 heteroatoms. The average molecular weight is 243 g/mol. The highest BCUT2D eigenvalue weighted by molar-refractivity contribution is 5.82. The summed E-state index contributed by atoms with van der Waals surface area (Å²) >= 11 is 0. The highest BCUT2D eigenvalue weighted by atomic mass is 16.4. The monoisotopic (exact) mass is 243 g/mol. The first-order valence-electron chi connectivity index (χ1n) is 6.01. The molecule has 3 N–H and O–H groups in total. The molecule has 0 spiro atoms. The molecule has 2 amide bonds. The molecule has 0 aliphatic carbocycles. The highest BCUT2D eigenvalue weighted by Crippen LogP contribution is 2.06. The number of carboxylic acid groups (broad SMARTS) is 1. The zero-order valence-electron chi connectivity index (χ0n) is 10.4. The third-order valence-electron chi connectivity index (χ3n) is 2.91. The smallest absolute Gasteiger partial charge is 0.326 e. The van der Waals surface area contributed by atoms with E-state index in [0.29, 0.717) is 6.42 Å². The number of likely N-dealkylation sites (N-methyl/N-ethyl adjacent to an activating group) is 1. The van der Waals surface area contributed by atoms with Crippen LogP contribution in [-0.2, 0) is 4.79 Å². The van der Waals surface area contributed by atoms with Gasteiger partial charge in [0.25, 0.3) is 0 Å². The molecular weight excluding hydrogens is 222 g/mol. The summed E-state index contributed by atoms with van der Waals surface area (Å²) in [7, 11) is 2.00. The van der Waals surface area contributed by atoms with Crippen molar-refractivity contribution in [3.63, 3.8) is 0 Å². The number of rotatable bonds is 5. The van der Waals surface area contributed by atoms with Gasteiger partial charge in [0.05, 0.1) is 0 Å². The summed E-state index contributed by atoms with van der Waals surface area (Å²) in [6.45, 7) is 3.67. The Morgan fingerprint density at radius 3 is 2.71 bits per heavy atom. The van der Waals surface area contributed by atoms with E-state index in [4.69, 9.17) is 5.11 Å². The number of hydrogen-bond acceptors (Lipinski definition) is 3. The molecular formula is C11H21N3O3. The predicted octanol–water partition coefficient (Wildman–Crippen LogP) is 0.243. The van der Waals surface area contributed by atoms with Crippen LogP contribution < -0.4 is 10.6 Å². The maximum atomic E-state index is 11.6. The van der Waals surface area contributed by atoms with Gasteiger partial charge in [-0.2, -0.15) is 0 Å². The van der Waals surface area contributed by atoms with E-state index >= 15 is 0 Å². The predicted molar refractivity (Wildman–Crippen MR) is 63.9 cm³/mol. The molecule has 1 aliphatic heterocycles. The van der Waals surface area contributed by atoms with Gasteiger partial charge in [0.1, 0.15) is 6.04 Å². The second-order valence-corrected chi connectivity index (χ2v) is 4.55. The van der Waals surface area contributed by atoms with Crippen LogP contribution in [-0.4, -0.2) is 54.2 Å². The van der Waals surface area contributed by atoms with Crippen molar-refractivity contribution in [2.75, 3.05) is 20.1 Å². The first-order valence-corrected chi connectivity index (χ1v) is 6.01. The zero-order chi connectivity index (χ0) is 12.8. The van der Waals surface area contributed by atoms with Crippen LogP contribution in [0.1, 0.15) is 26.2 Å².